The van der Waals surface area contributed by atoms with E-state index in [1.807, 2.05) is 0 Å². The molecule has 2 rings (SSSR count). The molecule has 0 amide bonds. The molecule has 0 aliphatic carbocycles. The van der Waals surface area contributed by atoms with Crippen molar-refractivity contribution in [3.63, 3.8) is 0 Å². The summed E-state index contributed by atoms with van der Waals surface area (Å²) < 4.78 is 0. The van der Waals surface area contributed by atoms with E-state index in [2.05, 4.69) is 10.3 Å². The molecule has 1 aromatic carbocycles. The minimum atomic E-state index is -1.01. The van der Waals surface area contributed by atoms with Crippen molar-refractivity contribution < 1.29 is 9.90 Å². The summed E-state index contributed by atoms with van der Waals surface area (Å²) >= 11 is 5.83. The Labute approximate surface area is 103 Å². The van der Waals surface area contributed by atoms with Gasteiger partial charge in [0.1, 0.15) is 5.82 Å². The van der Waals surface area contributed by atoms with Crippen LogP contribution in [-0.4, -0.2) is 16.1 Å². The van der Waals surface area contributed by atoms with Crippen molar-refractivity contribution in [1.82, 2.24) is 4.98 Å². The molecule has 2 N–H and O–H groups in total. The van der Waals surface area contributed by atoms with Gasteiger partial charge in [0, 0.05) is 11.2 Å². The lowest BCUT2D eigenvalue weighted by molar-refractivity contribution is 0.0698. The van der Waals surface area contributed by atoms with Crippen molar-refractivity contribution >= 4 is 29.1 Å². The molecule has 86 valence electrons. The number of aromatic nitrogens is 1. The number of rotatable bonds is 3. The number of carboxylic acids is 1. The average molecular weight is 249 g/mol. The monoisotopic (exact) mass is 248 g/mol. The Morgan fingerprint density at radius 1 is 1.29 bits per heavy atom. The van der Waals surface area contributed by atoms with Gasteiger partial charge in [-0.3, -0.25) is 0 Å². The molecule has 0 atom stereocenters. The lowest BCUT2D eigenvalue weighted by Gasteiger charge is -2.08. The zero-order valence-corrected chi connectivity index (χ0v) is 9.48. The van der Waals surface area contributed by atoms with Gasteiger partial charge in [0.25, 0.3) is 0 Å². The Hall–Kier alpha value is -2.07. The maximum atomic E-state index is 11.0. The predicted octanol–water partition coefficient (Wildman–Crippen LogP) is 3.18. The lowest BCUT2D eigenvalue weighted by Crippen LogP contribution is -2.03. The maximum Gasteiger partial charge on any atom is 0.337 e. The molecule has 5 heteroatoms. The van der Waals surface area contributed by atoms with Gasteiger partial charge in [-0.25, -0.2) is 9.78 Å². The summed E-state index contributed by atoms with van der Waals surface area (Å²) in [6, 6.07) is 9.87. The number of nitrogens with zero attached hydrogens (tertiary/aromatic N) is 1. The smallest absolute Gasteiger partial charge is 0.337 e. The van der Waals surface area contributed by atoms with E-state index in [0.29, 0.717) is 16.5 Å². The standard InChI is InChI=1S/C12H9ClN2O2/c13-8-4-5-9(12(16)17)10(7-8)15-11-3-1-2-6-14-11/h1-7H,(H,14,15)(H,16,17). The molecule has 0 aliphatic rings. The molecule has 1 aromatic heterocycles. The van der Waals surface area contributed by atoms with Gasteiger partial charge in [0.15, 0.2) is 0 Å². The van der Waals surface area contributed by atoms with Crippen molar-refractivity contribution in [2.45, 2.75) is 0 Å². The van der Waals surface area contributed by atoms with Crippen LogP contribution < -0.4 is 5.32 Å². The molecule has 0 fully saturated rings. The molecule has 0 saturated heterocycles. The van der Waals surface area contributed by atoms with Gasteiger partial charge in [-0.15, -0.1) is 0 Å². The van der Waals surface area contributed by atoms with Gasteiger partial charge in [0.2, 0.25) is 0 Å². The number of aromatic carboxylic acids is 1. The minimum Gasteiger partial charge on any atom is -0.478 e. The van der Waals surface area contributed by atoms with E-state index in [1.54, 1.807) is 30.5 Å². The second-order valence-electron chi connectivity index (χ2n) is 3.34. The van der Waals surface area contributed by atoms with E-state index in [4.69, 9.17) is 16.7 Å². The Morgan fingerprint density at radius 2 is 2.12 bits per heavy atom. The van der Waals surface area contributed by atoms with Crippen LogP contribution in [0.25, 0.3) is 0 Å². The summed E-state index contributed by atoms with van der Waals surface area (Å²) in [6.45, 7) is 0. The van der Waals surface area contributed by atoms with Crippen LogP contribution in [0, 0.1) is 0 Å². The average Bonchev–Trinajstić information content (AvgIpc) is 2.30. The molecule has 0 bridgehead atoms. The number of pyridine rings is 1. The first-order valence-electron chi connectivity index (χ1n) is 4.88. The zero-order chi connectivity index (χ0) is 12.3. The summed E-state index contributed by atoms with van der Waals surface area (Å²) in [5.41, 5.74) is 0.573. The number of benzene rings is 1. The van der Waals surface area contributed by atoms with Crippen molar-refractivity contribution in [2.75, 3.05) is 5.32 Å². The van der Waals surface area contributed by atoms with Crippen molar-refractivity contribution in [3.05, 3.63) is 53.2 Å². The first kappa shape index (κ1) is 11.4. The van der Waals surface area contributed by atoms with E-state index >= 15 is 0 Å². The summed E-state index contributed by atoms with van der Waals surface area (Å²) in [7, 11) is 0. The van der Waals surface area contributed by atoms with E-state index < -0.39 is 5.97 Å². The topological polar surface area (TPSA) is 62.2 Å². The van der Waals surface area contributed by atoms with Crippen LogP contribution in [0.4, 0.5) is 11.5 Å². The molecular formula is C12H9ClN2O2. The van der Waals surface area contributed by atoms with E-state index in [-0.39, 0.29) is 5.56 Å². The zero-order valence-electron chi connectivity index (χ0n) is 8.72. The molecule has 2 aromatic rings. The second kappa shape index (κ2) is 4.84. The number of carboxylic acid groups (broad SMARTS) is 1. The molecule has 0 saturated carbocycles. The molecule has 1 heterocycles. The molecular weight excluding hydrogens is 240 g/mol. The fraction of sp³-hybridized carbons (Fsp3) is 0. The predicted molar refractivity (Wildman–Crippen MR) is 65.9 cm³/mol. The quantitative estimate of drug-likeness (QED) is 0.876. The second-order valence-corrected chi connectivity index (χ2v) is 3.77. The number of hydrogen-bond donors (Lipinski definition) is 2. The van der Waals surface area contributed by atoms with Crippen LogP contribution in [0.5, 0.6) is 0 Å². The van der Waals surface area contributed by atoms with Crippen LogP contribution in [-0.2, 0) is 0 Å². The number of halogens is 1. The third-order valence-electron chi connectivity index (χ3n) is 2.14. The normalized spacial score (nSPS) is 9.94. The van der Waals surface area contributed by atoms with Gasteiger partial charge >= 0.3 is 5.97 Å². The third-order valence-corrected chi connectivity index (χ3v) is 2.37. The Balaban J connectivity index is 2.37. The maximum absolute atomic E-state index is 11.0. The van der Waals surface area contributed by atoms with E-state index in [1.165, 1.54) is 12.1 Å². The van der Waals surface area contributed by atoms with Crippen molar-refractivity contribution in [3.8, 4) is 0 Å². The summed E-state index contributed by atoms with van der Waals surface area (Å²) in [4.78, 5) is 15.1. The Kier molecular flexibility index (Phi) is 3.25. The van der Waals surface area contributed by atoms with Crippen molar-refractivity contribution in [2.24, 2.45) is 0 Å². The minimum absolute atomic E-state index is 0.153. The number of anilines is 2. The van der Waals surface area contributed by atoms with Gasteiger partial charge in [-0.2, -0.15) is 0 Å². The highest BCUT2D eigenvalue weighted by atomic mass is 35.5. The largest absolute Gasteiger partial charge is 0.478 e. The van der Waals surface area contributed by atoms with Gasteiger partial charge in [-0.1, -0.05) is 17.7 Å². The Bertz CT molecular complexity index is 543. The Morgan fingerprint density at radius 3 is 2.76 bits per heavy atom. The van der Waals surface area contributed by atoms with Gasteiger partial charge < -0.3 is 10.4 Å². The lowest BCUT2D eigenvalue weighted by atomic mass is 10.2. The molecule has 0 unspecified atom stereocenters. The fourth-order valence-corrected chi connectivity index (χ4v) is 1.55. The van der Waals surface area contributed by atoms with Crippen LogP contribution in [0.3, 0.4) is 0 Å². The molecule has 4 nitrogen and oxygen atoms in total. The SMILES string of the molecule is O=C(O)c1ccc(Cl)cc1Nc1ccccn1. The molecule has 0 radical (unpaired) electrons. The number of nitrogens with one attached hydrogen (secondary N) is 1. The first-order valence-corrected chi connectivity index (χ1v) is 5.25. The highest BCUT2D eigenvalue weighted by Gasteiger charge is 2.10. The third kappa shape index (κ3) is 2.73. The van der Waals surface area contributed by atoms with Crippen LogP contribution in [0.1, 0.15) is 10.4 Å². The van der Waals surface area contributed by atoms with Crippen LogP contribution >= 0.6 is 11.6 Å². The number of hydrogen-bond acceptors (Lipinski definition) is 3. The summed E-state index contributed by atoms with van der Waals surface area (Å²) in [5.74, 6) is -0.447. The van der Waals surface area contributed by atoms with E-state index in [0.717, 1.165) is 0 Å². The molecule has 17 heavy (non-hydrogen) atoms. The molecule has 0 spiro atoms. The first-order chi connectivity index (χ1) is 8.16. The van der Waals surface area contributed by atoms with Gasteiger partial charge in [-0.05, 0) is 30.3 Å². The molecule has 0 aliphatic heterocycles. The van der Waals surface area contributed by atoms with Crippen molar-refractivity contribution in [1.29, 1.82) is 0 Å². The highest BCUT2D eigenvalue weighted by Crippen LogP contribution is 2.23. The number of carbonyl (C=O) groups is 1. The fourth-order valence-electron chi connectivity index (χ4n) is 1.38. The van der Waals surface area contributed by atoms with Crippen LogP contribution in [0.2, 0.25) is 5.02 Å². The van der Waals surface area contributed by atoms with Gasteiger partial charge in [0.05, 0.1) is 11.3 Å². The van der Waals surface area contributed by atoms with E-state index in [9.17, 15) is 4.79 Å². The summed E-state index contributed by atoms with van der Waals surface area (Å²) in [5, 5.41) is 12.4. The highest BCUT2D eigenvalue weighted by molar-refractivity contribution is 6.31. The summed E-state index contributed by atoms with van der Waals surface area (Å²) in [6.07, 6.45) is 1.62. The van der Waals surface area contributed by atoms with Crippen LogP contribution in [0.15, 0.2) is 42.6 Å².